The Hall–Kier alpha value is -2.03. The summed E-state index contributed by atoms with van der Waals surface area (Å²) in [4.78, 5) is 35.3. The Morgan fingerprint density at radius 1 is 0.365 bits per heavy atom. The van der Waals surface area contributed by atoms with Gasteiger partial charge in [-0.25, -0.2) is 4.57 Å². The van der Waals surface area contributed by atoms with Crippen molar-refractivity contribution < 1.29 is 37.6 Å². The fourth-order valence-corrected chi connectivity index (χ4v) is 12.0. The third kappa shape index (κ3) is 70.9. The Morgan fingerprint density at radius 2 is 0.647 bits per heavy atom. The molecule has 0 aromatic carbocycles. The summed E-state index contributed by atoms with van der Waals surface area (Å²) in [6.45, 7) is 3.69. The maximum absolute atomic E-state index is 12.7. The quantitative estimate of drug-likeness (QED) is 0.0264. The van der Waals surface area contributed by atoms with E-state index in [9.17, 15) is 19.0 Å². The minimum Gasteiger partial charge on any atom is -0.462 e. The minimum atomic E-state index is -4.39. The number of hydrogen-bond donors (Lipinski definition) is 2. The van der Waals surface area contributed by atoms with Crippen molar-refractivity contribution in [1.29, 1.82) is 0 Å². The van der Waals surface area contributed by atoms with E-state index in [2.05, 4.69) is 62.5 Å². The molecule has 2 unspecified atom stereocenters. The van der Waals surface area contributed by atoms with Crippen LogP contribution < -0.4 is 5.73 Å². The summed E-state index contributed by atoms with van der Waals surface area (Å²) in [5.41, 5.74) is 5.40. The maximum atomic E-state index is 12.7. The molecule has 0 fully saturated rings. The van der Waals surface area contributed by atoms with Gasteiger partial charge >= 0.3 is 19.8 Å². The first-order chi connectivity index (χ1) is 41.8. The molecule has 0 rings (SSSR count). The van der Waals surface area contributed by atoms with Crippen LogP contribution in [0, 0.1) is 0 Å². The van der Waals surface area contributed by atoms with Gasteiger partial charge in [0.15, 0.2) is 6.10 Å². The van der Waals surface area contributed by atoms with E-state index >= 15 is 0 Å². The Balaban J connectivity index is 3.73. The van der Waals surface area contributed by atoms with E-state index in [1.54, 1.807) is 0 Å². The lowest BCUT2D eigenvalue weighted by Crippen LogP contribution is -2.29. The third-order valence-electron chi connectivity index (χ3n) is 16.7. The molecule has 0 aliphatic carbocycles. The lowest BCUT2D eigenvalue weighted by atomic mass is 10.0. The van der Waals surface area contributed by atoms with Crippen molar-refractivity contribution in [1.82, 2.24) is 0 Å². The monoisotopic (exact) mass is 1220 g/mol. The molecule has 10 heteroatoms. The molecule has 2 atom stereocenters. The third-order valence-corrected chi connectivity index (χ3v) is 17.7. The van der Waals surface area contributed by atoms with Crippen LogP contribution in [0.2, 0.25) is 0 Å². The number of ether oxygens (including phenoxy) is 2. The zero-order chi connectivity index (χ0) is 61.6. The van der Waals surface area contributed by atoms with E-state index in [1.165, 1.54) is 283 Å². The van der Waals surface area contributed by atoms with Crippen LogP contribution in [0.1, 0.15) is 386 Å². The summed E-state index contributed by atoms with van der Waals surface area (Å²) in [5.74, 6) is -0.816. The van der Waals surface area contributed by atoms with Gasteiger partial charge in [-0.2, -0.15) is 0 Å². The van der Waals surface area contributed by atoms with Gasteiger partial charge in [-0.15, -0.1) is 0 Å². The molecule has 0 aliphatic rings. The van der Waals surface area contributed by atoms with Gasteiger partial charge in [-0.05, 0) is 51.4 Å². The standard InChI is InChI=1S/C75H142NO8P/c1-3-5-7-9-11-13-15-17-19-21-23-25-27-28-29-30-31-32-33-34-35-36-37-38-39-40-41-42-43-44-46-47-49-51-53-55-57-59-61-63-65-67-74(77)81-71-73(72-83-85(79,80)82-70-69-76)84-75(78)68-66-64-62-60-58-56-54-52-50-48-45-26-24-22-20-18-16-14-12-10-8-6-4-2/h6,8,12,14,18,20,24,26,73H,3-5,7,9-11,13,15-17,19,21-23,25,27-72,76H2,1-2H3,(H,79,80)/b8-6-,14-12-,20-18-,26-24-. The van der Waals surface area contributed by atoms with Gasteiger partial charge < -0.3 is 20.1 Å². The Bertz CT molecular complexity index is 1530. The molecule has 0 bridgehead atoms. The van der Waals surface area contributed by atoms with Crippen molar-refractivity contribution >= 4 is 19.8 Å². The summed E-state index contributed by atoms with van der Waals surface area (Å²) >= 11 is 0. The van der Waals surface area contributed by atoms with E-state index in [1.807, 2.05) is 0 Å². The van der Waals surface area contributed by atoms with Gasteiger partial charge in [0.25, 0.3) is 0 Å². The SMILES string of the molecule is CC/C=C\C/C=C\C/C=C\C/C=C\CCCCCCCCCCCCC(=O)OC(COC(=O)CCCCCCCCCCCCCCCCCCCCCCCCCCCCCCCCCCCCCCCCCCC)COP(=O)(O)OCCN. The van der Waals surface area contributed by atoms with Gasteiger partial charge in [0, 0.05) is 19.4 Å². The second-order valence-corrected chi connectivity index (χ2v) is 26.6. The van der Waals surface area contributed by atoms with Crippen LogP contribution in [0.15, 0.2) is 48.6 Å². The molecule has 0 heterocycles. The van der Waals surface area contributed by atoms with Crippen LogP contribution in [0.5, 0.6) is 0 Å². The average Bonchev–Trinajstić information content (AvgIpc) is 3.52. The van der Waals surface area contributed by atoms with Crippen molar-refractivity contribution in [2.45, 2.75) is 392 Å². The molecule has 0 spiro atoms. The van der Waals surface area contributed by atoms with Gasteiger partial charge in [0.1, 0.15) is 6.61 Å². The molecular weight excluding hydrogens is 1070 g/mol. The number of allylic oxidation sites excluding steroid dienone is 8. The summed E-state index contributed by atoms with van der Waals surface area (Å²) in [6, 6.07) is 0. The smallest absolute Gasteiger partial charge is 0.462 e. The lowest BCUT2D eigenvalue weighted by Gasteiger charge is -2.19. The fourth-order valence-electron chi connectivity index (χ4n) is 11.3. The summed E-state index contributed by atoms with van der Waals surface area (Å²) in [5, 5.41) is 0. The molecule has 0 amide bonds. The second kappa shape index (κ2) is 71.1. The Kier molecular flexibility index (Phi) is 69.4. The predicted octanol–water partition coefficient (Wildman–Crippen LogP) is 24.4. The van der Waals surface area contributed by atoms with Crippen molar-refractivity contribution in [2.75, 3.05) is 26.4 Å². The van der Waals surface area contributed by atoms with Crippen molar-refractivity contribution in [3.05, 3.63) is 48.6 Å². The van der Waals surface area contributed by atoms with Gasteiger partial charge in [-0.3, -0.25) is 18.6 Å². The van der Waals surface area contributed by atoms with Gasteiger partial charge in [0.05, 0.1) is 13.2 Å². The van der Waals surface area contributed by atoms with Crippen LogP contribution in [0.4, 0.5) is 0 Å². The van der Waals surface area contributed by atoms with Crippen LogP contribution in [-0.2, 0) is 32.7 Å². The second-order valence-electron chi connectivity index (χ2n) is 25.1. The van der Waals surface area contributed by atoms with Crippen LogP contribution >= 0.6 is 7.82 Å². The number of carbonyl (C=O) groups excluding carboxylic acids is 2. The molecule has 0 radical (unpaired) electrons. The van der Waals surface area contributed by atoms with Crippen LogP contribution in [0.3, 0.4) is 0 Å². The zero-order valence-corrected chi connectivity index (χ0v) is 57.3. The summed E-state index contributed by atoms with van der Waals surface area (Å²) < 4.78 is 33.2. The zero-order valence-electron chi connectivity index (χ0n) is 56.4. The minimum absolute atomic E-state index is 0.0531. The molecule has 0 aliphatic heterocycles. The first kappa shape index (κ1) is 83.0. The van der Waals surface area contributed by atoms with Crippen LogP contribution in [0.25, 0.3) is 0 Å². The molecular formula is C75H142NO8P. The topological polar surface area (TPSA) is 134 Å². The highest BCUT2D eigenvalue weighted by Gasteiger charge is 2.26. The number of unbranched alkanes of at least 4 members (excludes halogenated alkanes) is 50. The Labute approximate surface area is 527 Å². The number of phosphoric ester groups is 1. The van der Waals surface area contributed by atoms with Crippen molar-refractivity contribution in [3.8, 4) is 0 Å². The summed E-state index contributed by atoms with van der Waals surface area (Å²) in [7, 11) is -4.39. The van der Waals surface area contributed by atoms with Gasteiger partial charge in [0.2, 0.25) is 0 Å². The molecule has 500 valence electrons. The molecule has 0 saturated carbocycles. The highest BCUT2D eigenvalue weighted by atomic mass is 31.2. The van der Waals surface area contributed by atoms with E-state index in [-0.39, 0.29) is 38.6 Å². The molecule has 0 saturated heterocycles. The fraction of sp³-hybridized carbons (Fsp3) is 0.867. The lowest BCUT2D eigenvalue weighted by molar-refractivity contribution is -0.161. The van der Waals surface area contributed by atoms with Gasteiger partial charge in [-0.1, -0.05) is 371 Å². The number of hydrogen-bond acceptors (Lipinski definition) is 8. The highest BCUT2D eigenvalue weighted by Crippen LogP contribution is 2.43. The maximum Gasteiger partial charge on any atom is 0.472 e. The Morgan fingerprint density at radius 3 is 0.965 bits per heavy atom. The molecule has 0 aromatic heterocycles. The van der Waals surface area contributed by atoms with Crippen molar-refractivity contribution in [3.63, 3.8) is 0 Å². The van der Waals surface area contributed by atoms with Crippen LogP contribution in [-0.4, -0.2) is 49.3 Å². The number of rotatable bonds is 71. The number of carbonyl (C=O) groups is 2. The molecule has 3 N–H and O–H groups in total. The number of nitrogens with two attached hydrogens (primary N) is 1. The van der Waals surface area contributed by atoms with E-state index < -0.39 is 26.5 Å². The van der Waals surface area contributed by atoms with Crippen molar-refractivity contribution in [2.24, 2.45) is 5.73 Å². The summed E-state index contributed by atoms with van der Waals surface area (Å²) in [6.07, 6.45) is 91.1. The number of esters is 2. The normalized spacial score (nSPS) is 13.1. The molecule has 9 nitrogen and oxygen atoms in total. The highest BCUT2D eigenvalue weighted by molar-refractivity contribution is 7.47. The molecule has 0 aromatic rings. The molecule has 85 heavy (non-hydrogen) atoms. The van der Waals surface area contributed by atoms with E-state index in [4.69, 9.17) is 24.3 Å². The predicted molar refractivity (Wildman–Crippen MR) is 367 cm³/mol. The van der Waals surface area contributed by atoms with E-state index in [0.29, 0.717) is 6.42 Å². The number of phosphoric acid groups is 1. The largest absolute Gasteiger partial charge is 0.472 e. The van der Waals surface area contributed by atoms with E-state index in [0.717, 1.165) is 70.6 Å². The average molecular weight is 1220 g/mol. The first-order valence-corrected chi connectivity index (χ1v) is 38.6. The first-order valence-electron chi connectivity index (χ1n) is 37.1.